The minimum absolute atomic E-state index is 0.0834. The standard InChI is InChI=1S/C9H13NOSSi.C8H11NO2S/c1-13(2,3)11-8(7-10)9-5-4-6-12-9;1-2-11-8(9)7(10)6-4-3-5-12-6/h4-6,8H,1-3H3;3-5,7,9-10H,2H2,1H3. The molecule has 2 N–H and O–H groups in total. The summed E-state index contributed by atoms with van der Waals surface area (Å²) in [6, 6.07) is 9.69. The van der Waals surface area contributed by atoms with Crippen LogP contribution >= 0.6 is 22.7 Å². The molecule has 2 unspecified atom stereocenters. The zero-order chi connectivity index (χ0) is 18.9. The maximum Gasteiger partial charge on any atom is 0.215 e. The lowest BCUT2D eigenvalue weighted by molar-refractivity contribution is 0.193. The van der Waals surface area contributed by atoms with Crippen molar-refractivity contribution in [2.24, 2.45) is 0 Å². The topological polar surface area (TPSA) is 86.3 Å². The minimum atomic E-state index is -1.61. The highest BCUT2D eigenvalue weighted by Gasteiger charge is 2.22. The fourth-order valence-corrected chi connectivity index (χ4v) is 4.13. The zero-order valence-corrected chi connectivity index (χ0v) is 17.5. The molecule has 2 heterocycles. The summed E-state index contributed by atoms with van der Waals surface area (Å²) >= 11 is 2.99. The molecular weight excluding hydrogens is 372 g/mol. The second kappa shape index (κ2) is 10.5. The van der Waals surface area contributed by atoms with Gasteiger partial charge in [-0.3, -0.25) is 5.41 Å². The summed E-state index contributed by atoms with van der Waals surface area (Å²) in [4.78, 5) is 1.75. The first kappa shape index (κ1) is 21.5. The van der Waals surface area contributed by atoms with Crippen LogP contribution < -0.4 is 0 Å². The van der Waals surface area contributed by atoms with E-state index in [1.165, 1.54) is 11.3 Å². The van der Waals surface area contributed by atoms with Crippen molar-refractivity contribution in [3.8, 4) is 6.07 Å². The van der Waals surface area contributed by atoms with E-state index in [4.69, 9.17) is 19.8 Å². The number of ether oxygens (including phenoxy) is 1. The van der Waals surface area contributed by atoms with E-state index in [1.807, 2.05) is 29.0 Å². The van der Waals surface area contributed by atoms with Crippen LogP contribution in [0.15, 0.2) is 35.0 Å². The quantitative estimate of drug-likeness (QED) is 0.410. The Morgan fingerprint density at radius 2 is 1.80 bits per heavy atom. The van der Waals surface area contributed by atoms with Crippen LogP contribution in [0.4, 0.5) is 0 Å². The van der Waals surface area contributed by atoms with E-state index in [1.54, 1.807) is 24.3 Å². The number of hydrogen-bond donors (Lipinski definition) is 2. The van der Waals surface area contributed by atoms with Crippen molar-refractivity contribution in [2.75, 3.05) is 6.61 Å². The van der Waals surface area contributed by atoms with E-state index < -0.39 is 14.4 Å². The van der Waals surface area contributed by atoms with Crippen molar-refractivity contribution in [2.45, 2.75) is 38.8 Å². The number of aliphatic hydroxyl groups excluding tert-OH is 1. The van der Waals surface area contributed by atoms with Gasteiger partial charge < -0.3 is 14.3 Å². The molecule has 0 aliphatic carbocycles. The van der Waals surface area contributed by atoms with Crippen molar-refractivity contribution in [3.05, 3.63) is 44.8 Å². The molecule has 2 aromatic heterocycles. The Morgan fingerprint density at radius 1 is 1.24 bits per heavy atom. The number of nitrogens with one attached hydrogen (secondary N) is 1. The summed E-state index contributed by atoms with van der Waals surface area (Å²) in [5, 5.41) is 29.5. The van der Waals surface area contributed by atoms with Crippen LogP contribution in [-0.4, -0.2) is 25.9 Å². The molecule has 0 amide bonds. The van der Waals surface area contributed by atoms with Crippen LogP contribution in [0.2, 0.25) is 19.6 Å². The van der Waals surface area contributed by atoms with Crippen molar-refractivity contribution in [1.29, 1.82) is 10.7 Å². The summed E-state index contributed by atoms with van der Waals surface area (Å²) < 4.78 is 10.6. The van der Waals surface area contributed by atoms with Crippen LogP contribution in [0.3, 0.4) is 0 Å². The first-order chi connectivity index (χ1) is 11.8. The maximum absolute atomic E-state index is 9.47. The maximum atomic E-state index is 9.47. The zero-order valence-electron chi connectivity index (χ0n) is 14.9. The number of nitrogens with zero attached hydrogens (tertiary/aromatic N) is 1. The molecule has 25 heavy (non-hydrogen) atoms. The van der Waals surface area contributed by atoms with Gasteiger partial charge in [-0.2, -0.15) is 5.26 Å². The molecule has 0 aliphatic heterocycles. The van der Waals surface area contributed by atoms with E-state index in [9.17, 15) is 5.11 Å². The first-order valence-electron chi connectivity index (χ1n) is 7.82. The number of aliphatic hydroxyl groups is 1. The molecule has 2 atom stereocenters. The lowest BCUT2D eigenvalue weighted by Gasteiger charge is -2.20. The molecule has 0 bridgehead atoms. The van der Waals surface area contributed by atoms with Gasteiger partial charge in [0.2, 0.25) is 5.90 Å². The lowest BCUT2D eigenvalue weighted by Crippen LogP contribution is -2.27. The van der Waals surface area contributed by atoms with E-state index in [0.29, 0.717) is 6.61 Å². The van der Waals surface area contributed by atoms with Crippen LogP contribution in [0.25, 0.3) is 0 Å². The van der Waals surface area contributed by atoms with Crippen molar-refractivity contribution in [3.63, 3.8) is 0 Å². The summed E-state index contributed by atoms with van der Waals surface area (Å²) in [6.45, 7) is 8.47. The normalized spacial score (nSPS) is 13.1. The first-order valence-corrected chi connectivity index (χ1v) is 13.0. The Kier molecular flexibility index (Phi) is 9.03. The van der Waals surface area contributed by atoms with E-state index in [2.05, 4.69) is 25.7 Å². The van der Waals surface area contributed by atoms with Crippen LogP contribution in [0, 0.1) is 16.7 Å². The van der Waals surface area contributed by atoms with Gasteiger partial charge in [-0.25, -0.2) is 0 Å². The molecule has 0 radical (unpaired) electrons. The van der Waals surface area contributed by atoms with Gasteiger partial charge in [-0.1, -0.05) is 12.1 Å². The summed E-state index contributed by atoms with van der Waals surface area (Å²) in [5.41, 5.74) is 0. The Balaban J connectivity index is 0.000000251. The molecule has 0 aliphatic rings. The van der Waals surface area contributed by atoms with Gasteiger partial charge >= 0.3 is 0 Å². The van der Waals surface area contributed by atoms with Crippen LogP contribution in [-0.2, 0) is 9.16 Å². The van der Waals surface area contributed by atoms with E-state index in [0.717, 1.165) is 9.75 Å². The lowest BCUT2D eigenvalue weighted by atomic mass is 10.3. The van der Waals surface area contributed by atoms with E-state index >= 15 is 0 Å². The summed E-state index contributed by atoms with van der Waals surface area (Å²) in [7, 11) is -1.61. The van der Waals surface area contributed by atoms with Gasteiger partial charge in [0.25, 0.3) is 0 Å². The fraction of sp³-hybridized carbons (Fsp3) is 0.412. The van der Waals surface area contributed by atoms with Gasteiger partial charge in [0.15, 0.2) is 20.5 Å². The molecule has 0 saturated heterocycles. The van der Waals surface area contributed by atoms with Gasteiger partial charge in [0.05, 0.1) is 12.7 Å². The van der Waals surface area contributed by atoms with Crippen molar-refractivity contribution in [1.82, 2.24) is 0 Å². The highest BCUT2D eigenvalue weighted by atomic mass is 32.1. The van der Waals surface area contributed by atoms with Crippen molar-refractivity contribution < 1.29 is 14.3 Å². The van der Waals surface area contributed by atoms with Crippen LogP contribution in [0.5, 0.6) is 0 Å². The van der Waals surface area contributed by atoms with Gasteiger partial charge in [-0.15, -0.1) is 22.7 Å². The third-order valence-electron chi connectivity index (χ3n) is 2.75. The van der Waals surface area contributed by atoms with Crippen molar-refractivity contribution >= 4 is 36.9 Å². The molecule has 0 saturated carbocycles. The summed E-state index contributed by atoms with van der Waals surface area (Å²) in [5.74, 6) is -0.0834. The molecule has 136 valence electrons. The monoisotopic (exact) mass is 396 g/mol. The average molecular weight is 397 g/mol. The highest BCUT2D eigenvalue weighted by molar-refractivity contribution is 7.10. The number of hydrogen-bond acceptors (Lipinski definition) is 7. The second-order valence-corrected chi connectivity index (χ2v) is 12.4. The molecular formula is C17H24N2O3S2Si. The molecule has 2 aromatic rings. The third kappa shape index (κ3) is 7.94. The Hall–Kier alpha value is -1.50. The SMILES string of the molecule is CCOC(=N)C(O)c1cccs1.C[Si](C)(C)OC(C#N)c1cccs1. The Bertz CT molecular complexity index is 661. The van der Waals surface area contributed by atoms with Gasteiger partial charge in [-0.05, 0) is 49.5 Å². The molecule has 8 heteroatoms. The van der Waals surface area contributed by atoms with Gasteiger partial charge in [0, 0.05) is 9.75 Å². The second-order valence-electron chi connectivity index (χ2n) is 5.97. The Labute approximate surface area is 158 Å². The number of thiophene rings is 2. The molecule has 5 nitrogen and oxygen atoms in total. The number of nitriles is 1. The smallest absolute Gasteiger partial charge is 0.215 e. The van der Waals surface area contributed by atoms with E-state index in [-0.39, 0.29) is 12.0 Å². The van der Waals surface area contributed by atoms with Crippen LogP contribution in [0.1, 0.15) is 28.9 Å². The molecule has 0 spiro atoms. The largest absolute Gasteiger partial charge is 0.479 e. The Morgan fingerprint density at radius 3 is 2.20 bits per heavy atom. The minimum Gasteiger partial charge on any atom is -0.479 e. The predicted molar refractivity (Wildman–Crippen MR) is 106 cm³/mol. The highest BCUT2D eigenvalue weighted by Crippen LogP contribution is 2.25. The average Bonchev–Trinajstić information content (AvgIpc) is 3.25. The third-order valence-corrected chi connectivity index (χ3v) is 5.53. The fourth-order valence-electron chi connectivity index (χ4n) is 1.75. The summed E-state index contributed by atoms with van der Waals surface area (Å²) in [6.07, 6.45) is -1.27. The molecule has 0 aromatic carbocycles. The number of rotatable bonds is 6. The predicted octanol–water partition coefficient (Wildman–Crippen LogP) is 4.96. The van der Waals surface area contributed by atoms with Gasteiger partial charge in [0.1, 0.15) is 0 Å². The molecule has 0 fully saturated rings. The molecule has 2 rings (SSSR count).